The summed E-state index contributed by atoms with van der Waals surface area (Å²) < 4.78 is 0. The van der Waals surface area contributed by atoms with Crippen LogP contribution < -0.4 is 10.6 Å². The van der Waals surface area contributed by atoms with Crippen molar-refractivity contribution in [1.29, 1.82) is 0 Å². The SMILES string of the molecule is CN(CC(N)=O)C1CCCN(c2ccccc2[N+](=O)[O-])C1. The molecule has 0 bridgehead atoms. The average Bonchev–Trinajstić information content (AvgIpc) is 2.46. The summed E-state index contributed by atoms with van der Waals surface area (Å²) in [5.74, 6) is -0.361. The summed E-state index contributed by atoms with van der Waals surface area (Å²) in [6.45, 7) is 1.65. The second-order valence-corrected chi connectivity index (χ2v) is 5.37. The zero-order valence-corrected chi connectivity index (χ0v) is 12.1. The monoisotopic (exact) mass is 292 g/mol. The van der Waals surface area contributed by atoms with Gasteiger partial charge in [-0.25, -0.2) is 0 Å². The highest BCUT2D eigenvalue weighted by atomic mass is 16.6. The molecule has 1 amide bonds. The molecule has 21 heavy (non-hydrogen) atoms. The van der Waals surface area contributed by atoms with Crippen molar-refractivity contribution in [3.05, 3.63) is 34.4 Å². The van der Waals surface area contributed by atoms with Crippen molar-refractivity contribution in [2.45, 2.75) is 18.9 Å². The molecule has 1 unspecified atom stereocenters. The van der Waals surface area contributed by atoms with Gasteiger partial charge in [-0.3, -0.25) is 19.8 Å². The molecule has 1 heterocycles. The van der Waals surface area contributed by atoms with Crippen LogP contribution in [0.1, 0.15) is 12.8 Å². The van der Waals surface area contributed by atoms with Crippen LogP contribution in [0.5, 0.6) is 0 Å². The third kappa shape index (κ3) is 3.69. The van der Waals surface area contributed by atoms with Gasteiger partial charge in [0.2, 0.25) is 5.91 Å². The number of hydrogen-bond acceptors (Lipinski definition) is 5. The molecule has 0 spiro atoms. The number of piperidine rings is 1. The molecule has 1 aromatic rings. The Kier molecular flexibility index (Phi) is 4.74. The van der Waals surface area contributed by atoms with E-state index in [0.717, 1.165) is 19.4 Å². The van der Waals surface area contributed by atoms with Crippen LogP contribution in [0.3, 0.4) is 0 Å². The number of anilines is 1. The molecule has 0 aliphatic carbocycles. The molecule has 7 heteroatoms. The third-order valence-corrected chi connectivity index (χ3v) is 3.84. The van der Waals surface area contributed by atoms with Crippen molar-refractivity contribution in [3.8, 4) is 0 Å². The Morgan fingerprint density at radius 1 is 1.52 bits per heavy atom. The number of nitro benzene ring substituents is 1. The van der Waals surface area contributed by atoms with E-state index in [0.29, 0.717) is 12.2 Å². The summed E-state index contributed by atoms with van der Waals surface area (Å²) in [4.78, 5) is 25.7. The lowest BCUT2D eigenvalue weighted by Gasteiger charge is -2.38. The van der Waals surface area contributed by atoms with E-state index in [1.165, 1.54) is 6.07 Å². The number of benzene rings is 1. The van der Waals surface area contributed by atoms with E-state index in [4.69, 9.17) is 5.73 Å². The molecule has 1 fully saturated rings. The van der Waals surface area contributed by atoms with Crippen molar-refractivity contribution in [2.24, 2.45) is 5.73 Å². The number of likely N-dealkylation sites (N-methyl/N-ethyl adjacent to an activating group) is 1. The van der Waals surface area contributed by atoms with E-state index in [9.17, 15) is 14.9 Å². The van der Waals surface area contributed by atoms with E-state index in [-0.39, 0.29) is 29.1 Å². The van der Waals surface area contributed by atoms with Gasteiger partial charge < -0.3 is 10.6 Å². The average molecular weight is 292 g/mol. The van der Waals surface area contributed by atoms with Gasteiger partial charge >= 0.3 is 0 Å². The molecule has 0 saturated carbocycles. The summed E-state index contributed by atoms with van der Waals surface area (Å²) in [7, 11) is 1.86. The van der Waals surface area contributed by atoms with E-state index >= 15 is 0 Å². The number of nitro groups is 1. The zero-order chi connectivity index (χ0) is 15.4. The van der Waals surface area contributed by atoms with Crippen LogP contribution in [0.15, 0.2) is 24.3 Å². The summed E-state index contributed by atoms with van der Waals surface area (Å²) in [6.07, 6.45) is 1.89. The molecule has 1 aromatic carbocycles. The normalized spacial score (nSPS) is 18.8. The molecule has 7 nitrogen and oxygen atoms in total. The Balaban J connectivity index is 2.14. The standard InChI is InChI=1S/C14H20N4O3/c1-16(10-14(15)19)11-5-4-8-17(9-11)12-6-2-3-7-13(12)18(20)21/h2-3,6-7,11H,4-5,8-10H2,1H3,(H2,15,19). The molecule has 2 N–H and O–H groups in total. The summed E-state index contributed by atoms with van der Waals surface area (Å²) in [6, 6.07) is 6.94. The minimum atomic E-state index is -0.361. The minimum absolute atomic E-state index is 0.121. The first kappa shape index (κ1) is 15.2. The Morgan fingerprint density at radius 3 is 2.90 bits per heavy atom. The highest BCUT2D eigenvalue weighted by molar-refractivity contribution is 5.76. The fourth-order valence-corrected chi connectivity index (χ4v) is 2.79. The number of para-hydroxylation sites is 2. The number of nitrogens with two attached hydrogens (primary N) is 1. The minimum Gasteiger partial charge on any atom is -0.369 e. The van der Waals surface area contributed by atoms with Crippen LogP contribution >= 0.6 is 0 Å². The summed E-state index contributed by atoms with van der Waals surface area (Å²) >= 11 is 0. The maximum atomic E-state index is 11.1. The van der Waals surface area contributed by atoms with E-state index in [1.54, 1.807) is 18.2 Å². The lowest BCUT2D eigenvalue weighted by Crippen LogP contribution is -2.48. The largest absolute Gasteiger partial charge is 0.369 e. The van der Waals surface area contributed by atoms with Gasteiger partial charge in [0.15, 0.2) is 0 Å². The van der Waals surface area contributed by atoms with E-state index in [2.05, 4.69) is 0 Å². The maximum Gasteiger partial charge on any atom is 0.292 e. The molecular formula is C14H20N4O3. The Labute approximate surface area is 123 Å². The van der Waals surface area contributed by atoms with Gasteiger partial charge in [0.25, 0.3) is 5.69 Å². The van der Waals surface area contributed by atoms with Gasteiger partial charge in [-0.2, -0.15) is 0 Å². The fourth-order valence-electron chi connectivity index (χ4n) is 2.79. The maximum absolute atomic E-state index is 11.1. The highest BCUT2D eigenvalue weighted by Gasteiger charge is 2.27. The highest BCUT2D eigenvalue weighted by Crippen LogP contribution is 2.30. The number of rotatable bonds is 5. The lowest BCUT2D eigenvalue weighted by molar-refractivity contribution is -0.384. The number of primary amides is 1. The van der Waals surface area contributed by atoms with Crippen LogP contribution in [-0.4, -0.2) is 48.5 Å². The predicted molar refractivity (Wildman–Crippen MR) is 80.2 cm³/mol. The second-order valence-electron chi connectivity index (χ2n) is 5.37. The first-order chi connectivity index (χ1) is 9.99. The van der Waals surface area contributed by atoms with Gasteiger partial charge in [-0.05, 0) is 26.0 Å². The quantitative estimate of drug-likeness (QED) is 0.645. The van der Waals surface area contributed by atoms with Crippen molar-refractivity contribution >= 4 is 17.3 Å². The van der Waals surface area contributed by atoms with Crippen LogP contribution in [0.2, 0.25) is 0 Å². The van der Waals surface area contributed by atoms with Crippen LogP contribution in [0.4, 0.5) is 11.4 Å². The predicted octanol–water partition coefficient (Wildman–Crippen LogP) is 0.981. The smallest absolute Gasteiger partial charge is 0.292 e. The Bertz CT molecular complexity index is 535. The molecule has 1 aliphatic heterocycles. The second kappa shape index (κ2) is 6.53. The first-order valence-corrected chi connectivity index (χ1v) is 6.96. The van der Waals surface area contributed by atoms with Crippen molar-refractivity contribution < 1.29 is 9.72 Å². The van der Waals surface area contributed by atoms with Crippen molar-refractivity contribution in [2.75, 3.05) is 31.6 Å². The molecular weight excluding hydrogens is 272 g/mol. The van der Waals surface area contributed by atoms with Gasteiger partial charge in [-0.15, -0.1) is 0 Å². The van der Waals surface area contributed by atoms with E-state index in [1.807, 2.05) is 16.8 Å². The number of hydrogen-bond donors (Lipinski definition) is 1. The zero-order valence-electron chi connectivity index (χ0n) is 12.1. The molecule has 114 valence electrons. The van der Waals surface area contributed by atoms with Gasteiger partial charge in [0.05, 0.1) is 11.5 Å². The first-order valence-electron chi connectivity index (χ1n) is 6.96. The number of carbonyl (C=O) groups excluding carboxylic acids is 1. The molecule has 1 aliphatic rings. The van der Waals surface area contributed by atoms with Crippen LogP contribution in [0, 0.1) is 10.1 Å². The molecule has 1 saturated heterocycles. The van der Waals surface area contributed by atoms with Crippen LogP contribution in [0.25, 0.3) is 0 Å². The van der Waals surface area contributed by atoms with E-state index < -0.39 is 0 Å². The Morgan fingerprint density at radius 2 is 2.24 bits per heavy atom. The molecule has 0 aromatic heterocycles. The van der Waals surface area contributed by atoms with Gasteiger partial charge in [-0.1, -0.05) is 12.1 Å². The number of amides is 1. The van der Waals surface area contributed by atoms with Crippen molar-refractivity contribution in [1.82, 2.24) is 4.90 Å². The summed E-state index contributed by atoms with van der Waals surface area (Å²) in [5.41, 5.74) is 5.99. The van der Waals surface area contributed by atoms with Gasteiger partial charge in [0, 0.05) is 25.2 Å². The van der Waals surface area contributed by atoms with Gasteiger partial charge in [0.1, 0.15) is 5.69 Å². The molecule has 1 atom stereocenters. The van der Waals surface area contributed by atoms with Crippen LogP contribution in [-0.2, 0) is 4.79 Å². The Hall–Kier alpha value is -2.15. The number of nitrogens with zero attached hydrogens (tertiary/aromatic N) is 3. The molecule has 0 radical (unpaired) electrons. The van der Waals surface area contributed by atoms with Crippen molar-refractivity contribution in [3.63, 3.8) is 0 Å². The molecule has 2 rings (SSSR count). The number of carbonyl (C=O) groups is 1. The fraction of sp³-hybridized carbons (Fsp3) is 0.500. The summed E-state index contributed by atoms with van der Waals surface area (Å²) in [5, 5.41) is 11.1. The topological polar surface area (TPSA) is 92.7 Å². The lowest BCUT2D eigenvalue weighted by atomic mass is 10.0. The third-order valence-electron chi connectivity index (χ3n) is 3.84.